The Morgan fingerprint density at radius 2 is 1.67 bits per heavy atom. The number of β-amino-alcohol motifs (C(OH)–C–C–N with tert-alkyl or cyclic N) is 1. The molecule has 2 bridgehead atoms. The van der Waals surface area contributed by atoms with Crippen LogP contribution in [0.2, 0.25) is 0 Å². The van der Waals surface area contributed by atoms with E-state index in [2.05, 4.69) is 64.4 Å². The molecule has 3 heterocycles. The van der Waals surface area contributed by atoms with E-state index in [4.69, 9.17) is 21.9 Å². The maximum Gasteiger partial charge on any atom is 0.243 e. The van der Waals surface area contributed by atoms with Crippen molar-refractivity contribution in [1.82, 2.24) is 10.6 Å². The van der Waals surface area contributed by atoms with Gasteiger partial charge in [0.05, 0.1) is 30.5 Å². The van der Waals surface area contributed by atoms with Crippen molar-refractivity contribution in [1.29, 1.82) is 0 Å². The summed E-state index contributed by atoms with van der Waals surface area (Å²) >= 11 is 0. The van der Waals surface area contributed by atoms with Gasteiger partial charge in [0.2, 0.25) is 5.91 Å². The molecule has 2 fully saturated rings. The molecule has 0 unspecified atom stereocenters. The number of hydrogen-bond donors (Lipinski definition) is 10. The number of rotatable bonds is 9. The molecule has 3 aliphatic heterocycles. The highest BCUT2D eigenvalue weighted by Crippen LogP contribution is 2.63. The van der Waals surface area contributed by atoms with Gasteiger partial charge in [0.15, 0.2) is 11.7 Å². The van der Waals surface area contributed by atoms with Gasteiger partial charge in [0, 0.05) is 43.2 Å². The summed E-state index contributed by atoms with van der Waals surface area (Å²) in [4.78, 5) is 33.9. The predicted molar refractivity (Wildman–Crippen MR) is 335 cm³/mol. The van der Waals surface area contributed by atoms with Crippen LogP contribution in [-0.2, 0) is 40.0 Å². The SMILES string of the molecule is C=C1/C=C/C=C(\[C@H]2CC[C@@]3([C@@H]4CC[C@H](O)Cc5cccc(c5)C[C@H]([C@H](CN=C(N)N)c5ccc(O)cc5)[C@H](O)CN[C@H]5C(=O)N[C@H](N)c6cccc(c65)CC(=O)C(C)=C4CC[C@@]3(C)O)[C@@H]2O)COCC#CC/C(CCCc2ccccc2)=C/CC1. The average Bonchev–Trinajstić information content (AvgIpc) is 1.76. The van der Waals surface area contributed by atoms with Crippen LogP contribution in [0.1, 0.15) is 142 Å². The molecule has 4 aromatic carbocycles. The molecule has 14 heteroatoms. The third-order valence-electron chi connectivity index (χ3n) is 19.1. The summed E-state index contributed by atoms with van der Waals surface area (Å²) in [5.41, 5.74) is 26.3. The normalized spacial score (nSPS) is 30.3. The second-order valence-electron chi connectivity index (χ2n) is 24.6. The summed E-state index contributed by atoms with van der Waals surface area (Å²) < 4.78 is 6.33. The number of phenolic OH excluding ortho intramolecular Hbond substituents is 1. The zero-order valence-corrected chi connectivity index (χ0v) is 49.5. The minimum atomic E-state index is -1.37. The topological polar surface area (TPSA) is 259 Å². The van der Waals surface area contributed by atoms with E-state index in [1.54, 1.807) is 24.3 Å². The largest absolute Gasteiger partial charge is 0.508 e. The molecular weight excluding hydrogens is 1060 g/mol. The van der Waals surface area contributed by atoms with Crippen molar-refractivity contribution >= 4 is 17.6 Å². The maximum absolute atomic E-state index is 15.2. The Kier molecular flexibility index (Phi) is 21.0. The van der Waals surface area contributed by atoms with Crippen LogP contribution in [-0.4, -0.2) is 93.4 Å². The van der Waals surface area contributed by atoms with Crippen molar-refractivity contribution in [2.45, 2.75) is 152 Å². The number of aliphatic hydroxyl groups is 4. The number of aromatic hydroxyl groups is 1. The lowest BCUT2D eigenvalue weighted by atomic mass is 9.52. The Balaban J connectivity index is 1.05. The van der Waals surface area contributed by atoms with E-state index in [1.807, 2.05) is 80.6 Å². The number of aliphatic imine (C=N–C) groups is 1. The van der Waals surface area contributed by atoms with Gasteiger partial charge >= 0.3 is 0 Å². The zero-order chi connectivity index (χ0) is 60.3. The molecular formula is C71H88N6O8. The van der Waals surface area contributed by atoms with Crippen molar-refractivity contribution in [2.75, 3.05) is 26.3 Å². The van der Waals surface area contributed by atoms with E-state index in [9.17, 15) is 30.3 Å². The highest BCUT2D eigenvalue weighted by molar-refractivity contribution is 5.98. The number of ketones is 1. The Morgan fingerprint density at radius 1 is 0.906 bits per heavy atom. The number of aliphatic hydroxyl groups excluding tert-OH is 3. The number of nitrogens with one attached hydrogen (secondary N) is 2. The Hall–Kier alpha value is -6.93. The monoisotopic (exact) mass is 1150 g/mol. The van der Waals surface area contributed by atoms with Gasteiger partial charge in [0.1, 0.15) is 24.6 Å². The zero-order valence-electron chi connectivity index (χ0n) is 49.5. The second-order valence-corrected chi connectivity index (χ2v) is 24.6. The van der Waals surface area contributed by atoms with E-state index < -0.39 is 71.1 Å². The lowest BCUT2D eigenvalue weighted by Crippen LogP contribution is -2.59. The van der Waals surface area contributed by atoms with Crippen molar-refractivity contribution in [2.24, 2.45) is 45.4 Å². The van der Waals surface area contributed by atoms with E-state index in [-0.39, 0.29) is 50.2 Å². The van der Waals surface area contributed by atoms with Crippen LogP contribution in [0.4, 0.5) is 0 Å². The Bertz CT molecular complexity index is 3240. The summed E-state index contributed by atoms with van der Waals surface area (Å²) in [6, 6.07) is 29.7. The lowest BCUT2D eigenvalue weighted by Gasteiger charge is -2.56. The number of benzene rings is 4. The van der Waals surface area contributed by atoms with Crippen LogP contribution >= 0.6 is 0 Å². The second kappa shape index (κ2) is 28.5. The highest BCUT2D eigenvalue weighted by atomic mass is 16.5. The summed E-state index contributed by atoms with van der Waals surface area (Å²) in [6.45, 7) is 8.56. The van der Waals surface area contributed by atoms with Crippen LogP contribution in [0.15, 0.2) is 161 Å². The van der Waals surface area contributed by atoms with Crippen molar-refractivity contribution in [3.8, 4) is 17.6 Å². The molecule has 1 amide bonds. The van der Waals surface area contributed by atoms with Gasteiger partial charge in [-0.25, -0.2) is 0 Å². The Morgan fingerprint density at radius 3 is 2.45 bits per heavy atom. The average molecular weight is 1150 g/mol. The number of phenols is 1. The van der Waals surface area contributed by atoms with E-state index in [0.717, 1.165) is 65.5 Å². The molecule has 9 rings (SSSR count). The van der Waals surface area contributed by atoms with E-state index in [0.29, 0.717) is 80.1 Å². The molecule has 450 valence electrons. The first-order valence-electron chi connectivity index (χ1n) is 30.5. The Labute approximate surface area is 502 Å². The molecule has 1 spiro atoms. The van der Waals surface area contributed by atoms with Crippen LogP contribution in [0.25, 0.3) is 0 Å². The first-order chi connectivity index (χ1) is 40.9. The molecule has 2 saturated carbocycles. The summed E-state index contributed by atoms with van der Waals surface area (Å²) in [6.07, 6.45) is 12.8. The molecule has 4 aromatic rings. The summed E-state index contributed by atoms with van der Waals surface area (Å²) in [5, 5.41) is 67.5. The van der Waals surface area contributed by atoms with Gasteiger partial charge < -0.3 is 52.8 Å². The quantitative estimate of drug-likeness (QED) is 0.0327. The van der Waals surface area contributed by atoms with Gasteiger partial charge in [0.25, 0.3) is 0 Å². The van der Waals surface area contributed by atoms with E-state index in [1.165, 1.54) is 11.1 Å². The molecule has 5 aliphatic rings. The van der Waals surface area contributed by atoms with Gasteiger partial charge in [-0.05, 0) is 171 Å². The number of aryl methyl sites for hydroxylation is 1. The number of fused-ring (bicyclic) bond motifs is 4. The fraction of sp³-hybridized carbons (Fsp3) is 0.451. The number of nitrogens with zero attached hydrogens (tertiary/aromatic N) is 1. The van der Waals surface area contributed by atoms with Crippen LogP contribution in [0.3, 0.4) is 0 Å². The fourth-order valence-electron chi connectivity index (χ4n) is 14.5. The van der Waals surface area contributed by atoms with Crippen LogP contribution in [0, 0.1) is 35.0 Å². The molecule has 0 radical (unpaired) electrons. The number of allylic oxidation sites excluding steroid dienone is 8. The van der Waals surface area contributed by atoms with E-state index >= 15 is 4.79 Å². The van der Waals surface area contributed by atoms with Crippen LogP contribution < -0.4 is 27.8 Å². The smallest absolute Gasteiger partial charge is 0.243 e. The number of guanidine groups is 1. The van der Waals surface area contributed by atoms with Crippen molar-refractivity contribution < 1.29 is 39.9 Å². The van der Waals surface area contributed by atoms with Gasteiger partial charge in [-0.2, -0.15) is 0 Å². The third-order valence-corrected chi connectivity index (χ3v) is 19.1. The maximum atomic E-state index is 15.2. The minimum absolute atomic E-state index is 0.0536. The molecule has 85 heavy (non-hydrogen) atoms. The number of carbonyl (C=O) groups excluding carboxylic acids is 2. The van der Waals surface area contributed by atoms with Crippen LogP contribution in [0.5, 0.6) is 5.75 Å². The predicted octanol–water partition coefficient (Wildman–Crippen LogP) is 8.62. The third kappa shape index (κ3) is 15.0. The molecule has 2 aliphatic carbocycles. The number of Topliss-reactive ketones (excluding diaryl/α,β-unsaturated/α-hetero) is 1. The number of ether oxygens (including phenoxy) is 1. The summed E-state index contributed by atoms with van der Waals surface area (Å²) in [5.74, 6) is 4.08. The molecule has 14 nitrogen and oxygen atoms in total. The number of carbonyl (C=O) groups is 2. The molecule has 13 N–H and O–H groups in total. The number of amides is 1. The summed E-state index contributed by atoms with van der Waals surface area (Å²) in [7, 11) is 0. The highest BCUT2D eigenvalue weighted by Gasteiger charge is 2.64. The molecule has 0 saturated heterocycles. The fourth-order valence-corrected chi connectivity index (χ4v) is 14.5. The van der Waals surface area contributed by atoms with Gasteiger partial charge in [-0.1, -0.05) is 144 Å². The van der Waals surface area contributed by atoms with Crippen molar-refractivity contribution in [3.05, 3.63) is 195 Å². The first-order valence-corrected chi connectivity index (χ1v) is 30.5. The van der Waals surface area contributed by atoms with Crippen molar-refractivity contribution in [3.63, 3.8) is 0 Å². The molecule has 0 aromatic heterocycles. The van der Waals surface area contributed by atoms with Gasteiger partial charge in [-0.15, -0.1) is 0 Å². The number of hydrogen-bond acceptors (Lipinski definition) is 11. The van der Waals surface area contributed by atoms with Gasteiger partial charge in [-0.3, -0.25) is 19.9 Å². The standard InChI is InChI=1S/C71H88N6O8/c1-45-14-9-19-48(21-11-20-47-16-5-4-6-17-47)18-7-8-37-85-44-53(25-10-15-45)57-34-36-71(66(57)82)61-32-31-55(79)39-49-22-12-23-50(38-49)40-59(60(42-76-69(73)74)51-27-29-54(78)30-28-51)63(81)43-75-65-64-52(24-13-26-58(64)67(72)77-68(65)83)41-62(80)46(2)56(61)33-35-70(71,3)84/h4-6,10,12-13,15-17,19,22-30,38,55,57,59-61,63,65-67,75,78-79,81-82,84H,1,9,11,14,18,20-21,31-37,39-44,72H2,2-3H3,(H,77,83)(H4,73,74,76)/b15-10+,48-19-,53-25-,56-46?/t55-,57+,59+,60+,61+,63+,65+,66+,67-,70+,71+/m0/s1. The molecule has 11 atom stereocenters. The number of nitrogens with two attached hydrogens (primary N) is 3. The minimum Gasteiger partial charge on any atom is -0.508 e. The first kappa shape index (κ1) is 62.6. The lowest BCUT2D eigenvalue weighted by molar-refractivity contribution is -0.168.